The van der Waals surface area contributed by atoms with Gasteiger partial charge in [0, 0.05) is 30.2 Å². The maximum Gasteiger partial charge on any atom is 0.524 e. The van der Waals surface area contributed by atoms with Gasteiger partial charge >= 0.3 is 14.0 Å². The van der Waals surface area contributed by atoms with Crippen molar-refractivity contribution in [3.63, 3.8) is 0 Å². The number of benzene rings is 1. The highest BCUT2D eigenvalue weighted by Gasteiger charge is 2.39. The van der Waals surface area contributed by atoms with Crippen LogP contribution in [0.15, 0.2) is 37.1 Å². The fourth-order valence-corrected chi connectivity index (χ4v) is 3.11. The monoisotopic (exact) mass is 392 g/mol. The van der Waals surface area contributed by atoms with Gasteiger partial charge in [-0.25, -0.2) is 4.57 Å². The van der Waals surface area contributed by atoms with Crippen LogP contribution in [-0.4, -0.2) is 45.0 Å². The molecular formula is C16H20F3N2O4P. The summed E-state index contributed by atoms with van der Waals surface area (Å²) in [5.74, 6) is -0.0220. The third-order valence-electron chi connectivity index (χ3n) is 4.02. The van der Waals surface area contributed by atoms with Gasteiger partial charge in [-0.2, -0.15) is 13.2 Å². The van der Waals surface area contributed by atoms with Crippen molar-refractivity contribution >= 4 is 18.7 Å². The van der Waals surface area contributed by atoms with Crippen molar-refractivity contribution in [1.82, 2.24) is 9.88 Å². The number of halogens is 3. The molecule has 1 atom stereocenters. The molecule has 0 radical (unpaired) electrons. The third kappa shape index (κ3) is 5.11. The molecule has 1 aromatic heterocycles. The van der Waals surface area contributed by atoms with Gasteiger partial charge in [-0.1, -0.05) is 12.1 Å². The Labute approximate surface area is 148 Å². The van der Waals surface area contributed by atoms with E-state index in [-0.39, 0.29) is 25.3 Å². The molecule has 2 aromatic rings. The molecule has 3 N–H and O–H groups in total. The Morgan fingerprint density at radius 3 is 2.69 bits per heavy atom. The maximum absolute atomic E-state index is 13.0. The first-order valence-corrected chi connectivity index (χ1v) is 9.31. The minimum atomic E-state index is -4.76. The van der Waals surface area contributed by atoms with Gasteiger partial charge in [-0.15, -0.1) is 6.58 Å². The predicted molar refractivity (Wildman–Crippen MR) is 92.0 cm³/mol. The Morgan fingerprint density at radius 1 is 1.42 bits per heavy atom. The largest absolute Gasteiger partial charge is 0.524 e. The van der Waals surface area contributed by atoms with E-state index in [1.54, 1.807) is 18.3 Å². The summed E-state index contributed by atoms with van der Waals surface area (Å²) in [4.78, 5) is 22.3. The lowest BCUT2D eigenvalue weighted by Crippen LogP contribution is -2.44. The average molecular weight is 392 g/mol. The first-order valence-electron chi connectivity index (χ1n) is 7.78. The van der Waals surface area contributed by atoms with Gasteiger partial charge in [0.15, 0.2) is 0 Å². The van der Waals surface area contributed by atoms with E-state index >= 15 is 0 Å². The highest BCUT2D eigenvalue weighted by atomic mass is 31.2. The molecule has 0 aliphatic heterocycles. The van der Waals surface area contributed by atoms with Crippen molar-refractivity contribution in [1.29, 1.82) is 0 Å². The van der Waals surface area contributed by atoms with Crippen LogP contribution in [0.25, 0.3) is 10.9 Å². The summed E-state index contributed by atoms with van der Waals surface area (Å²) in [6.07, 6.45) is -1.13. The molecule has 0 saturated carbocycles. The van der Waals surface area contributed by atoms with E-state index in [2.05, 4.69) is 11.6 Å². The molecule has 26 heavy (non-hydrogen) atoms. The highest BCUT2D eigenvalue weighted by Crippen LogP contribution is 2.41. The Morgan fingerprint density at radius 2 is 2.12 bits per heavy atom. The molecule has 1 aromatic carbocycles. The van der Waals surface area contributed by atoms with E-state index in [0.29, 0.717) is 16.5 Å². The molecule has 6 nitrogen and oxygen atoms in total. The fraction of sp³-hybridized carbons (Fsp3) is 0.375. The van der Waals surface area contributed by atoms with Crippen molar-refractivity contribution in [2.75, 3.05) is 13.1 Å². The van der Waals surface area contributed by atoms with Crippen LogP contribution in [0.5, 0.6) is 5.75 Å². The molecule has 0 aliphatic carbocycles. The van der Waals surface area contributed by atoms with E-state index in [1.807, 2.05) is 0 Å². The number of rotatable bonds is 8. The second-order valence-electron chi connectivity index (χ2n) is 5.83. The number of nitrogens with one attached hydrogen (secondary N) is 1. The SMILES string of the molecule is C=CCN(CCc1c[nH]c2cccc(OP(=O)(O)O)c12)C(C)C(F)(F)F. The zero-order valence-corrected chi connectivity index (χ0v) is 14.9. The number of aromatic nitrogens is 1. The first kappa shape index (κ1) is 20.5. The molecule has 0 spiro atoms. The van der Waals surface area contributed by atoms with Crippen molar-refractivity contribution in [3.05, 3.63) is 42.6 Å². The van der Waals surface area contributed by atoms with E-state index < -0.39 is 20.0 Å². The van der Waals surface area contributed by atoms with Crippen molar-refractivity contribution < 1.29 is 32.0 Å². The number of hydrogen-bond donors (Lipinski definition) is 3. The van der Waals surface area contributed by atoms with Crippen molar-refractivity contribution in [2.45, 2.75) is 25.6 Å². The minimum absolute atomic E-state index is 0.0220. The lowest BCUT2D eigenvalue weighted by Gasteiger charge is -2.29. The molecule has 0 saturated heterocycles. The van der Waals surface area contributed by atoms with E-state index in [0.717, 1.165) is 6.92 Å². The van der Waals surface area contributed by atoms with Gasteiger partial charge in [0.2, 0.25) is 0 Å². The van der Waals surface area contributed by atoms with Gasteiger partial charge in [-0.3, -0.25) is 14.7 Å². The van der Waals surface area contributed by atoms with Gasteiger partial charge in [0.1, 0.15) is 11.8 Å². The van der Waals surface area contributed by atoms with Crippen LogP contribution in [0.2, 0.25) is 0 Å². The smallest absolute Gasteiger partial charge is 0.404 e. The zero-order valence-electron chi connectivity index (χ0n) is 14.0. The molecule has 0 bridgehead atoms. The number of phosphoric ester groups is 1. The molecule has 0 fully saturated rings. The topological polar surface area (TPSA) is 85.8 Å². The van der Waals surface area contributed by atoms with Crippen molar-refractivity contribution in [2.24, 2.45) is 0 Å². The summed E-state index contributed by atoms with van der Waals surface area (Å²) in [5.41, 5.74) is 1.18. The number of hydrogen-bond acceptors (Lipinski definition) is 3. The van der Waals surface area contributed by atoms with Crippen molar-refractivity contribution in [3.8, 4) is 5.75 Å². The average Bonchev–Trinajstić information content (AvgIpc) is 2.92. The van der Waals surface area contributed by atoms with Crippen LogP contribution in [0.1, 0.15) is 12.5 Å². The van der Waals surface area contributed by atoms with Crippen LogP contribution < -0.4 is 4.52 Å². The van der Waals surface area contributed by atoms with Crippen LogP contribution in [0.4, 0.5) is 13.2 Å². The second-order valence-corrected chi connectivity index (χ2v) is 6.99. The van der Waals surface area contributed by atoms with Crippen LogP contribution in [0.3, 0.4) is 0 Å². The van der Waals surface area contributed by atoms with E-state index in [4.69, 9.17) is 14.3 Å². The number of nitrogens with zero attached hydrogens (tertiary/aromatic N) is 1. The molecule has 1 heterocycles. The minimum Gasteiger partial charge on any atom is -0.404 e. The fourth-order valence-electron chi connectivity index (χ4n) is 2.70. The van der Waals surface area contributed by atoms with Gasteiger partial charge in [0.05, 0.1) is 0 Å². The lowest BCUT2D eigenvalue weighted by atomic mass is 10.1. The summed E-state index contributed by atoms with van der Waals surface area (Å²) < 4.78 is 54.9. The summed E-state index contributed by atoms with van der Waals surface area (Å²) >= 11 is 0. The Bertz CT molecular complexity index is 815. The summed E-state index contributed by atoms with van der Waals surface area (Å²) in [7, 11) is -4.76. The Hall–Kier alpha value is -1.80. The molecule has 2 rings (SSSR count). The number of alkyl halides is 3. The number of aromatic amines is 1. The molecule has 1 unspecified atom stereocenters. The third-order valence-corrected chi connectivity index (χ3v) is 4.45. The Balaban J connectivity index is 2.27. The molecule has 0 amide bonds. The molecular weight excluding hydrogens is 372 g/mol. The molecule has 10 heteroatoms. The molecule has 144 valence electrons. The van der Waals surface area contributed by atoms with Crippen LogP contribution in [0, 0.1) is 0 Å². The van der Waals surface area contributed by atoms with Gasteiger partial charge < -0.3 is 9.51 Å². The summed E-state index contributed by atoms with van der Waals surface area (Å²) in [6.45, 7) is 4.73. The normalized spacial score (nSPS) is 14.0. The van der Waals surface area contributed by atoms with Crippen LogP contribution >= 0.6 is 7.82 Å². The summed E-state index contributed by atoms with van der Waals surface area (Å²) in [5, 5.41) is 0.439. The lowest BCUT2D eigenvalue weighted by molar-refractivity contribution is -0.177. The zero-order chi connectivity index (χ0) is 19.5. The van der Waals surface area contributed by atoms with E-state index in [1.165, 1.54) is 17.0 Å². The molecule has 0 aliphatic rings. The van der Waals surface area contributed by atoms with Gasteiger partial charge in [0.25, 0.3) is 0 Å². The van der Waals surface area contributed by atoms with E-state index in [9.17, 15) is 17.7 Å². The standard InChI is InChI=1S/C16H20F3N2O4P/c1-3-8-21(11(2)16(17,18)19)9-7-12-10-20-13-5-4-6-14(15(12)13)25-26(22,23)24/h3-6,10-11,20H,1,7-9H2,2H3,(H2,22,23,24). The number of fused-ring (bicyclic) bond motifs is 1. The predicted octanol–water partition coefficient (Wildman–Crippen LogP) is 3.62. The number of phosphoric acid groups is 1. The Kier molecular flexibility index (Phi) is 6.18. The quantitative estimate of drug-likeness (QED) is 0.472. The highest BCUT2D eigenvalue weighted by molar-refractivity contribution is 7.46. The summed E-state index contributed by atoms with van der Waals surface area (Å²) in [6, 6.07) is 3.00. The van der Waals surface area contributed by atoms with Crippen LogP contribution in [-0.2, 0) is 11.0 Å². The number of H-pyrrole nitrogens is 1. The maximum atomic E-state index is 13.0. The van der Waals surface area contributed by atoms with Gasteiger partial charge in [-0.05, 0) is 31.0 Å². The first-order chi connectivity index (χ1) is 12.0. The second kappa shape index (κ2) is 7.84.